The SMILES string of the molecule is C=C[C@@H](NCc1ccccc1)[C@H]1OC(C)(C)O[C@H]1CO. The second-order valence-corrected chi connectivity index (χ2v) is 5.45. The average molecular weight is 277 g/mol. The molecule has 20 heavy (non-hydrogen) atoms. The van der Waals surface area contributed by atoms with Crippen molar-refractivity contribution in [2.24, 2.45) is 0 Å². The van der Waals surface area contributed by atoms with E-state index in [1.54, 1.807) is 6.08 Å². The van der Waals surface area contributed by atoms with E-state index >= 15 is 0 Å². The van der Waals surface area contributed by atoms with Gasteiger partial charge in [0.1, 0.15) is 12.2 Å². The molecular weight excluding hydrogens is 254 g/mol. The first-order valence-electron chi connectivity index (χ1n) is 6.92. The van der Waals surface area contributed by atoms with Gasteiger partial charge in [0.15, 0.2) is 5.79 Å². The van der Waals surface area contributed by atoms with Crippen molar-refractivity contribution in [3.05, 3.63) is 48.6 Å². The summed E-state index contributed by atoms with van der Waals surface area (Å²) in [5.74, 6) is -0.673. The Morgan fingerprint density at radius 1 is 1.35 bits per heavy atom. The smallest absolute Gasteiger partial charge is 0.163 e. The molecule has 0 spiro atoms. The molecule has 0 bridgehead atoms. The second-order valence-electron chi connectivity index (χ2n) is 5.45. The summed E-state index contributed by atoms with van der Waals surface area (Å²) in [7, 11) is 0. The fourth-order valence-electron chi connectivity index (χ4n) is 2.47. The summed E-state index contributed by atoms with van der Waals surface area (Å²) in [6, 6.07) is 10.1. The second kappa shape index (κ2) is 6.50. The van der Waals surface area contributed by atoms with Crippen LogP contribution in [0.3, 0.4) is 0 Å². The van der Waals surface area contributed by atoms with Gasteiger partial charge in [0.25, 0.3) is 0 Å². The number of aliphatic hydroxyl groups excluding tert-OH is 1. The Morgan fingerprint density at radius 3 is 2.65 bits per heavy atom. The molecule has 0 unspecified atom stereocenters. The summed E-state index contributed by atoms with van der Waals surface area (Å²) in [4.78, 5) is 0. The molecule has 0 saturated carbocycles. The van der Waals surface area contributed by atoms with Crippen LogP contribution in [0.4, 0.5) is 0 Å². The van der Waals surface area contributed by atoms with Gasteiger partial charge in [-0.1, -0.05) is 36.4 Å². The first kappa shape index (κ1) is 15.2. The van der Waals surface area contributed by atoms with Gasteiger partial charge in [0, 0.05) is 6.54 Å². The summed E-state index contributed by atoms with van der Waals surface area (Å²) in [5, 5.41) is 12.8. The molecule has 1 aliphatic rings. The maximum Gasteiger partial charge on any atom is 0.163 e. The Morgan fingerprint density at radius 2 is 2.05 bits per heavy atom. The molecule has 2 rings (SSSR count). The molecule has 0 radical (unpaired) electrons. The normalized spacial score (nSPS) is 26.4. The number of aliphatic hydroxyl groups is 1. The maximum absolute atomic E-state index is 9.43. The Bertz CT molecular complexity index is 433. The Hall–Kier alpha value is -1.20. The number of ether oxygens (including phenoxy) is 2. The lowest BCUT2D eigenvalue weighted by atomic mass is 10.1. The Labute approximate surface area is 120 Å². The highest BCUT2D eigenvalue weighted by Crippen LogP contribution is 2.30. The van der Waals surface area contributed by atoms with Crippen LogP contribution in [0, 0.1) is 0 Å². The van der Waals surface area contributed by atoms with Crippen molar-refractivity contribution in [2.75, 3.05) is 6.61 Å². The maximum atomic E-state index is 9.43. The molecule has 2 N–H and O–H groups in total. The van der Waals surface area contributed by atoms with Crippen LogP contribution >= 0.6 is 0 Å². The van der Waals surface area contributed by atoms with Gasteiger partial charge in [-0.15, -0.1) is 6.58 Å². The Kier molecular flexibility index (Phi) is 4.94. The molecule has 1 saturated heterocycles. The predicted octanol–water partition coefficient (Wildman–Crippen LogP) is 1.84. The highest BCUT2D eigenvalue weighted by Gasteiger charge is 2.43. The molecule has 110 valence electrons. The largest absolute Gasteiger partial charge is 0.394 e. The van der Waals surface area contributed by atoms with Gasteiger partial charge >= 0.3 is 0 Å². The van der Waals surface area contributed by atoms with Crippen molar-refractivity contribution < 1.29 is 14.6 Å². The zero-order valence-corrected chi connectivity index (χ0v) is 12.1. The standard InChI is InChI=1S/C16H23NO3/c1-4-13(17-10-12-8-6-5-7-9-12)15-14(11-18)19-16(2,3)20-15/h4-9,13-15,17-18H,1,10-11H2,2-3H3/t13-,14+,15-/m1/s1. The summed E-state index contributed by atoms with van der Waals surface area (Å²) in [6.07, 6.45) is 1.23. The average Bonchev–Trinajstić information content (AvgIpc) is 2.76. The zero-order chi connectivity index (χ0) is 14.6. The van der Waals surface area contributed by atoms with E-state index in [1.807, 2.05) is 32.0 Å². The quantitative estimate of drug-likeness (QED) is 0.779. The van der Waals surface area contributed by atoms with Crippen LogP contribution in [0.25, 0.3) is 0 Å². The Balaban J connectivity index is 1.99. The highest BCUT2D eigenvalue weighted by molar-refractivity contribution is 5.15. The third-order valence-corrected chi connectivity index (χ3v) is 3.39. The molecule has 1 aromatic rings. The summed E-state index contributed by atoms with van der Waals surface area (Å²) in [6.45, 7) is 8.22. The highest BCUT2D eigenvalue weighted by atomic mass is 16.8. The number of nitrogens with one attached hydrogen (secondary N) is 1. The molecule has 4 heteroatoms. The van der Waals surface area contributed by atoms with Crippen LogP contribution < -0.4 is 5.32 Å². The predicted molar refractivity (Wildman–Crippen MR) is 78.2 cm³/mol. The van der Waals surface area contributed by atoms with Gasteiger partial charge in [-0.25, -0.2) is 0 Å². The topological polar surface area (TPSA) is 50.7 Å². The summed E-state index contributed by atoms with van der Waals surface area (Å²) < 4.78 is 11.6. The van der Waals surface area contributed by atoms with Gasteiger partial charge in [0.2, 0.25) is 0 Å². The first-order chi connectivity index (χ1) is 9.55. The fourth-order valence-corrected chi connectivity index (χ4v) is 2.47. The van der Waals surface area contributed by atoms with Crippen molar-refractivity contribution in [3.8, 4) is 0 Å². The minimum Gasteiger partial charge on any atom is -0.394 e. The van der Waals surface area contributed by atoms with Crippen molar-refractivity contribution in [1.29, 1.82) is 0 Å². The van der Waals surface area contributed by atoms with Crippen molar-refractivity contribution in [1.82, 2.24) is 5.32 Å². The number of rotatable bonds is 6. The molecule has 0 aromatic heterocycles. The molecule has 0 amide bonds. The fraction of sp³-hybridized carbons (Fsp3) is 0.500. The number of hydrogen-bond donors (Lipinski definition) is 2. The third kappa shape index (κ3) is 3.67. The van der Waals surface area contributed by atoms with Crippen LogP contribution in [0.2, 0.25) is 0 Å². The summed E-state index contributed by atoms with van der Waals surface area (Å²) >= 11 is 0. The van der Waals surface area contributed by atoms with E-state index in [2.05, 4.69) is 24.0 Å². The van der Waals surface area contributed by atoms with Crippen molar-refractivity contribution in [2.45, 2.75) is 44.4 Å². The molecule has 1 aromatic carbocycles. The van der Waals surface area contributed by atoms with Crippen LogP contribution in [0.15, 0.2) is 43.0 Å². The van der Waals surface area contributed by atoms with Crippen molar-refractivity contribution >= 4 is 0 Å². The molecule has 1 fully saturated rings. The lowest BCUT2D eigenvalue weighted by molar-refractivity contribution is -0.150. The van der Waals surface area contributed by atoms with Crippen molar-refractivity contribution in [3.63, 3.8) is 0 Å². The minimum atomic E-state index is -0.673. The first-order valence-corrected chi connectivity index (χ1v) is 6.92. The van der Waals surface area contributed by atoms with Crippen LogP contribution in [-0.4, -0.2) is 35.8 Å². The van der Waals surface area contributed by atoms with Gasteiger partial charge in [-0.05, 0) is 19.4 Å². The van der Waals surface area contributed by atoms with E-state index in [9.17, 15) is 5.11 Å². The molecule has 0 aliphatic carbocycles. The number of hydrogen-bond acceptors (Lipinski definition) is 4. The lowest BCUT2D eigenvalue weighted by Crippen LogP contribution is -2.44. The molecule has 1 aliphatic heterocycles. The van der Waals surface area contributed by atoms with E-state index in [0.717, 1.165) is 6.54 Å². The molecule has 3 atom stereocenters. The number of benzene rings is 1. The van der Waals surface area contributed by atoms with Crippen LogP contribution in [0.5, 0.6) is 0 Å². The van der Waals surface area contributed by atoms with E-state index in [4.69, 9.17) is 9.47 Å². The van der Waals surface area contributed by atoms with E-state index in [1.165, 1.54) is 5.56 Å². The van der Waals surface area contributed by atoms with E-state index in [0.29, 0.717) is 0 Å². The van der Waals surface area contributed by atoms with Gasteiger partial charge in [0.05, 0.1) is 12.6 Å². The van der Waals surface area contributed by atoms with Gasteiger partial charge < -0.3 is 19.9 Å². The monoisotopic (exact) mass is 277 g/mol. The van der Waals surface area contributed by atoms with E-state index in [-0.39, 0.29) is 24.9 Å². The lowest BCUT2D eigenvalue weighted by Gasteiger charge is -2.24. The van der Waals surface area contributed by atoms with Gasteiger partial charge in [-0.2, -0.15) is 0 Å². The van der Waals surface area contributed by atoms with Crippen LogP contribution in [0.1, 0.15) is 19.4 Å². The molecule has 1 heterocycles. The van der Waals surface area contributed by atoms with E-state index < -0.39 is 5.79 Å². The molecule has 4 nitrogen and oxygen atoms in total. The zero-order valence-electron chi connectivity index (χ0n) is 12.1. The molecular formula is C16H23NO3. The van der Waals surface area contributed by atoms with Gasteiger partial charge in [-0.3, -0.25) is 0 Å². The minimum absolute atomic E-state index is 0.0640. The van der Waals surface area contributed by atoms with Crippen LogP contribution in [-0.2, 0) is 16.0 Å². The summed E-state index contributed by atoms with van der Waals surface area (Å²) in [5.41, 5.74) is 1.19. The third-order valence-electron chi connectivity index (χ3n) is 3.39.